The third-order valence-electron chi connectivity index (χ3n) is 0.700. The van der Waals surface area contributed by atoms with Gasteiger partial charge in [-0.15, -0.1) is 0 Å². The quantitative estimate of drug-likeness (QED) is 0.389. The molecule has 0 saturated carbocycles. The number of hydrogen-bond donors (Lipinski definition) is 2. The van der Waals surface area contributed by atoms with Crippen molar-refractivity contribution < 1.29 is 13.2 Å². The van der Waals surface area contributed by atoms with Crippen LogP contribution in [0.15, 0.2) is 9.98 Å². The number of nitrogens with zero attached hydrogens (tertiary/aromatic N) is 2. The number of amidine groups is 1. The van der Waals surface area contributed by atoms with Crippen molar-refractivity contribution in [2.75, 3.05) is 7.05 Å². The largest absolute Gasteiger partial charge is 0.451 e. The lowest BCUT2D eigenvalue weighted by atomic mass is 10.6. The predicted molar refractivity (Wildman–Crippen MR) is 35.2 cm³/mol. The van der Waals surface area contributed by atoms with Gasteiger partial charge in [-0.05, 0) is 0 Å². The average Bonchev–Trinajstić information content (AvgIpc) is 1.79. The summed E-state index contributed by atoms with van der Waals surface area (Å²) in [4.78, 5) is 5.61. The zero-order chi connectivity index (χ0) is 9.07. The molecule has 0 saturated heterocycles. The molecule has 0 heterocycles. The van der Waals surface area contributed by atoms with Gasteiger partial charge in [0.25, 0.3) is 0 Å². The van der Waals surface area contributed by atoms with E-state index in [4.69, 9.17) is 11.5 Å². The highest BCUT2D eigenvalue weighted by Crippen LogP contribution is 2.17. The van der Waals surface area contributed by atoms with E-state index in [1.54, 1.807) is 0 Å². The van der Waals surface area contributed by atoms with Crippen LogP contribution in [0.5, 0.6) is 0 Å². The van der Waals surface area contributed by atoms with E-state index in [1.165, 1.54) is 0 Å². The molecular formula is C4H7F3N4. The Morgan fingerprint density at radius 3 is 1.82 bits per heavy atom. The Morgan fingerprint density at radius 2 is 1.73 bits per heavy atom. The summed E-state index contributed by atoms with van der Waals surface area (Å²) >= 11 is 0. The summed E-state index contributed by atoms with van der Waals surface area (Å²) in [5.41, 5.74) is 9.43. The van der Waals surface area contributed by atoms with E-state index in [-0.39, 0.29) is 0 Å². The first kappa shape index (κ1) is 9.73. The van der Waals surface area contributed by atoms with Crippen molar-refractivity contribution in [3.05, 3.63) is 0 Å². The summed E-state index contributed by atoms with van der Waals surface area (Å²) in [6.45, 7) is 0. The fraction of sp³-hybridized carbons (Fsp3) is 0.500. The summed E-state index contributed by atoms with van der Waals surface area (Å²) in [5, 5.41) is 0. The van der Waals surface area contributed by atoms with Crippen molar-refractivity contribution in [2.24, 2.45) is 21.5 Å². The van der Waals surface area contributed by atoms with Crippen LogP contribution in [0.1, 0.15) is 0 Å². The molecule has 0 atom stereocenters. The molecule has 0 spiro atoms. The van der Waals surface area contributed by atoms with Crippen LogP contribution in [-0.2, 0) is 0 Å². The van der Waals surface area contributed by atoms with Gasteiger partial charge in [0.05, 0.1) is 0 Å². The monoisotopic (exact) mass is 168 g/mol. The molecule has 0 rings (SSSR count). The van der Waals surface area contributed by atoms with Crippen molar-refractivity contribution in [1.29, 1.82) is 0 Å². The minimum Gasteiger partial charge on any atom is -0.370 e. The molecule has 64 valence electrons. The molecule has 0 bridgehead atoms. The van der Waals surface area contributed by atoms with Crippen LogP contribution in [0.4, 0.5) is 13.2 Å². The van der Waals surface area contributed by atoms with Crippen LogP contribution in [0.25, 0.3) is 0 Å². The number of hydrogen-bond acceptors (Lipinski definition) is 1. The van der Waals surface area contributed by atoms with Gasteiger partial charge in [0, 0.05) is 7.05 Å². The van der Waals surface area contributed by atoms with E-state index in [0.717, 1.165) is 7.05 Å². The SMILES string of the molecule is CN=C(N=C(N)N)C(F)(F)F. The maximum absolute atomic E-state index is 11.7. The molecule has 0 aliphatic heterocycles. The van der Waals surface area contributed by atoms with Crippen LogP contribution in [0.3, 0.4) is 0 Å². The van der Waals surface area contributed by atoms with Gasteiger partial charge in [-0.25, -0.2) is 0 Å². The molecule has 0 aliphatic carbocycles. The number of aliphatic imine (C=N–C) groups is 2. The van der Waals surface area contributed by atoms with Gasteiger partial charge in [-0.3, -0.25) is 4.99 Å². The number of nitrogens with two attached hydrogens (primary N) is 2. The lowest BCUT2D eigenvalue weighted by Crippen LogP contribution is -2.29. The Bertz CT molecular complexity index is 188. The Kier molecular flexibility index (Phi) is 2.85. The van der Waals surface area contributed by atoms with Crippen LogP contribution >= 0.6 is 0 Å². The Hall–Kier alpha value is -1.27. The van der Waals surface area contributed by atoms with Gasteiger partial charge in [0.15, 0.2) is 5.96 Å². The second kappa shape index (κ2) is 3.22. The number of halogens is 3. The summed E-state index contributed by atoms with van der Waals surface area (Å²) in [5.74, 6) is -2.00. The molecule has 0 radical (unpaired) electrons. The molecule has 7 heteroatoms. The molecule has 0 aromatic heterocycles. The maximum atomic E-state index is 11.7. The van der Waals surface area contributed by atoms with Crippen LogP contribution in [0.2, 0.25) is 0 Å². The van der Waals surface area contributed by atoms with E-state index in [1.807, 2.05) is 0 Å². The van der Waals surface area contributed by atoms with Gasteiger partial charge in [-0.2, -0.15) is 18.2 Å². The second-order valence-electron chi connectivity index (χ2n) is 1.58. The molecule has 0 amide bonds. The third-order valence-corrected chi connectivity index (χ3v) is 0.700. The highest BCUT2D eigenvalue weighted by Gasteiger charge is 2.35. The van der Waals surface area contributed by atoms with E-state index in [2.05, 4.69) is 9.98 Å². The maximum Gasteiger partial charge on any atom is 0.451 e. The molecule has 0 unspecified atom stereocenters. The first-order valence-corrected chi connectivity index (χ1v) is 2.51. The van der Waals surface area contributed by atoms with Gasteiger partial charge >= 0.3 is 6.18 Å². The number of guanidine groups is 1. The van der Waals surface area contributed by atoms with E-state index >= 15 is 0 Å². The molecule has 11 heavy (non-hydrogen) atoms. The van der Waals surface area contributed by atoms with Gasteiger partial charge < -0.3 is 11.5 Å². The first-order chi connectivity index (χ1) is 4.88. The molecule has 4 N–H and O–H groups in total. The molecule has 0 aliphatic rings. The second-order valence-corrected chi connectivity index (χ2v) is 1.58. The molecule has 0 aromatic carbocycles. The Morgan fingerprint density at radius 1 is 1.27 bits per heavy atom. The Labute approximate surface area is 60.8 Å². The lowest BCUT2D eigenvalue weighted by molar-refractivity contribution is -0.0597. The zero-order valence-corrected chi connectivity index (χ0v) is 5.68. The third kappa shape index (κ3) is 3.43. The lowest BCUT2D eigenvalue weighted by Gasteiger charge is -2.03. The summed E-state index contributed by atoms with van der Waals surface area (Å²) in [7, 11) is 0.954. The summed E-state index contributed by atoms with van der Waals surface area (Å²) in [6, 6.07) is 0. The van der Waals surface area contributed by atoms with Crippen LogP contribution in [0, 0.1) is 0 Å². The summed E-state index contributed by atoms with van der Waals surface area (Å²) in [6.07, 6.45) is -4.60. The first-order valence-electron chi connectivity index (χ1n) is 2.51. The van der Waals surface area contributed by atoms with Crippen molar-refractivity contribution in [3.8, 4) is 0 Å². The van der Waals surface area contributed by atoms with E-state index in [9.17, 15) is 13.2 Å². The molecule has 0 fully saturated rings. The van der Waals surface area contributed by atoms with Crippen molar-refractivity contribution in [2.45, 2.75) is 6.18 Å². The zero-order valence-electron chi connectivity index (χ0n) is 5.68. The number of rotatable bonds is 0. The van der Waals surface area contributed by atoms with Crippen molar-refractivity contribution in [1.82, 2.24) is 0 Å². The highest BCUT2D eigenvalue weighted by molar-refractivity contribution is 5.97. The smallest absolute Gasteiger partial charge is 0.370 e. The average molecular weight is 168 g/mol. The topological polar surface area (TPSA) is 76.8 Å². The van der Waals surface area contributed by atoms with Crippen molar-refractivity contribution in [3.63, 3.8) is 0 Å². The van der Waals surface area contributed by atoms with Crippen LogP contribution in [-0.4, -0.2) is 25.0 Å². The Balaban J connectivity index is 4.60. The van der Waals surface area contributed by atoms with Gasteiger partial charge in [-0.1, -0.05) is 0 Å². The molecule has 0 aromatic rings. The number of alkyl halides is 3. The standard InChI is InChI=1S/C4H7F3N4/c1-10-2(4(5,6)7)11-3(8)9/h1H3,(H4,8,9,10,11). The normalized spacial score (nSPS) is 12.9. The fourth-order valence-electron chi connectivity index (χ4n) is 0.362. The van der Waals surface area contributed by atoms with Gasteiger partial charge in [0.1, 0.15) is 0 Å². The van der Waals surface area contributed by atoms with Gasteiger partial charge in [0.2, 0.25) is 5.84 Å². The molecular weight excluding hydrogens is 161 g/mol. The fourth-order valence-corrected chi connectivity index (χ4v) is 0.362. The minimum atomic E-state index is -4.60. The van der Waals surface area contributed by atoms with Crippen molar-refractivity contribution >= 4 is 11.8 Å². The minimum absolute atomic E-state index is 0.664. The van der Waals surface area contributed by atoms with Crippen LogP contribution < -0.4 is 11.5 Å². The highest BCUT2D eigenvalue weighted by atomic mass is 19.4. The molecule has 4 nitrogen and oxygen atoms in total. The van der Waals surface area contributed by atoms with E-state index in [0.29, 0.717) is 0 Å². The predicted octanol–water partition coefficient (Wildman–Crippen LogP) is -0.150. The summed E-state index contributed by atoms with van der Waals surface area (Å²) < 4.78 is 35.2. The van der Waals surface area contributed by atoms with E-state index < -0.39 is 18.0 Å².